The molecule has 0 aliphatic heterocycles. The van der Waals surface area contributed by atoms with Crippen LogP contribution in [0.3, 0.4) is 0 Å². The first kappa shape index (κ1) is 15.0. The van der Waals surface area contributed by atoms with Crippen LogP contribution < -0.4 is 14.8 Å². The monoisotopic (exact) mass is 289 g/mol. The smallest absolute Gasteiger partial charge is 0.321 e. The lowest BCUT2D eigenvalue weighted by molar-refractivity contribution is 0.292. The average molecular weight is 289 g/mol. The molecule has 21 heavy (non-hydrogen) atoms. The van der Waals surface area contributed by atoms with E-state index in [-0.39, 0.29) is 0 Å². The first-order chi connectivity index (χ1) is 10.3. The zero-order valence-electron chi connectivity index (χ0n) is 12.5. The Labute approximate surface area is 123 Å². The number of rotatable bonds is 7. The molecule has 0 unspecified atom stereocenters. The normalized spacial score (nSPS) is 10.2. The van der Waals surface area contributed by atoms with Gasteiger partial charge in [-0.25, -0.2) is 0 Å². The quantitative estimate of drug-likeness (QED) is 0.836. The Bertz CT molecular complexity index is 591. The first-order valence-corrected chi connectivity index (χ1v) is 6.91. The largest absolute Gasteiger partial charge is 0.492 e. The van der Waals surface area contributed by atoms with E-state index in [0.29, 0.717) is 36.7 Å². The van der Waals surface area contributed by atoms with Crippen LogP contribution in [0.1, 0.15) is 20.3 Å². The van der Waals surface area contributed by atoms with Crippen molar-refractivity contribution in [1.29, 1.82) is 0 Å². The van der Waals surface area contributed by atoms with Crippen LogP contribution in [0.25, 0.3) is 11.4 Å². The van der Waals surface area contributed by atoms with Crippen LogP contribution in [-0.4, -0.2) is 40.2 Å². The third kappa shape index (κ3) is 4.01. The van der Waals surface area contributed by atoms with Crippen molar-refractivity contribution in [3.63, 3.8) is 0 Å². The van der Waals surface area contributed by atoms with Gasteiger partial charge in [0.15, 0.2) is 5.82 Å². The molecule has 2 heterocycles. The molecule has 1 N–H and O–H groups in total. The molecule has 0 saturated carbocycles. The highest BCUT2D eigenvalue weighted by Gasteiger charge is 2.10. The second kappa shape index (κ2) is 7.37. The molecule has 0 aliphatic carbocycles. The third-order valence-electron chi connectivity index (χ3n) is 2.56. The van der Waals surface area contributed by atoms with Gasteiger partial charge < -0.3 is 14.8 Å². The number of hydrogen-bond acceptors (Lipinski definition) is 7. The zero-order chi connectivity index (χ0) is 15.1. The summed E-state index contributed by atoms with van der Waals surface area (Å²) in [6.07, 6.45) is 4.22. The lowest BCUT2D eigenvalue weighted by atomic mass is 10.2. The Kier molecular flexibility index (Phi) is 5.25. The number of pyridine rings is 1. The standard InChI is InChI=1S/C14H19N5O2/c1-4-6-21-14-18-12(17-13(15-3)19-14)10-7-11(20-5-2)9-16-8-10/h7-9H,4-6H2,1-3H3,(H,15,17,18,19). The molecule has 0 spiro atoms. The van der Waals surface area contributed by atoms with Gasteiger partial charge in [0.1, 0.15) is 5.75 Å². The number of nitrogens with zero attached hydrogens (tertiary/aromatic N) is 4. The van der Waals surface area contributed by atoms with Gasteiger partial charge >= 0.3 is 6.01 Å². The highest BCUT2D eigenvalue weighted by Crippen LogP contribution is 2.22. The molecule has 0 radical (unpaired) electrons. The second-order valence-electron chi connectivity index (χ2n) is 4.21. The summed E-state index contributed by atoms with van der Waals surface area (Å²) in [5.74, 6) is 1.62. The van der Waals surface area contributed by atoms with Crippen LogP contribution >= 0.6 is 0 Å². The predicted octanol–water partition coefficient (Wildman–Crippen LogP) is 2.16. The molecule has 112 valence electrons. The van der Waals surface area contributed by atoms with E-state index in [1.807, 2.05) is 19.9 Å². The van der Waals surface area contributed by atoms with E-state index >= 15 is 0 Å². The fourth-order valence-electron chi connectivity index (χ4n) is 1.64. The van der Waals surface area contributed by atoms with E-state index in [4.69, 9.17) is 9.47 Å². The van der Waals surface area contributed by atoms with Crippen molar-refractivity contribution < 1.29 is 9.47 Å². The van der Waals surface area contributed by atoms with Crippen LogP contribution in [0.5, 0.6) is 11.8 Å². The van der Waals surface area contributed by atoms with Crippen molar-refractivity contribution in [3.8, 4) is 23.1 Å². The summed E-state index contributed by atoms with van der Waals surface area (Å²) in [5, 5.41) is 2.90. The van der Waals surface area contributed by atoms with Crippen molar-refractivity contribution in [3.05, 3.63) is 18.5 Å². The lowest BCUT2D eigenvalue weighted by Crippen LogP contribution is -2.06. The van der Waals surface area contributed by atoms with Crippen LogP contribution in [0.15, 0.2) is 18.5 Å². The Morgan fingerprint density at radius 2 is 1.95 bits per heavy atom. The van der Waals surface area contributed by atoms with Crippen molar-refractivity contribution in [2.24, 2.45) is 0 Å². The van der Waals surface area contributed by atoms with E-state index < -0.39 is 0 Å². The average Bonchev–Trinajstić information content (AvgIpc) is 2.53. The zero-order valence-corrected chi connectivity index (χ0v) is 12.5. The maximum absolute atomic E-state index is 5.48. The summed E-state index contributed by atoms with van der Waals surface area (Å²) < 4.78 is 10.9. The second-order valence-corrected chi connectivity index (χ2v) is 4.21. The minimum atomic E-state index is 0.299. The van der Waals surface area contributed by atoms with Crippen LogP contribution in [0.4, 0.5) is 5.95 Å². The Morgan fingerprint density at radius 3 is 2.67 bits per heavy atom. The molecule has 0 saturated heterocycles. The van der Waals surface area contributed by atoms with Crippen LogP contribution in [0.2, 0.25) is 0 Å². The van der Waals surface area contributed by atoms with Gasteiger partial charge in [0.25, 0.3) is 0 Å². The Morgan fingerprint density at radius 1 is 1.10 bits per heavy atom. The number of ether oxygens (including phenoxy) is 2. The summed E-state index contributed by atoms with van der Waals surface area (Å²) in [6, 6.07) is 2.14. The van der Waals surface area contributed by atoms with Gasteiger partial charge in [-0.15, -0.1) is 0 Å². The molecule has 0 fully saturated rings. The van der Waals surface area contributed by atoms with Crippen molar-refractivity contribution in [2.45, 2.75) is 20.3 Å². The molecule has 2 aromatic rings. The van der Waals surface area contributed by atoms with E-state index in [2.05, 4.69) is 25.3 Å². The Hall–Kier alpha value is -2.44. The van der Waals surface area contributed by atoms with Gasteiger partial charge in [-0.2, -0.15) is 15.0 Å². The minimum Gasteiger partial charge on any atom is -0.492 e. The van der Waals surface area contributed by atoms with Crippen molar-refractivity contribution >= 4 is 5.95 Å². The number of aromatic nitrogens is 4. The van der Waals surface area contributed by atoms with Crippen molar-refractivity contribution in [2.75, 3.05) is 25.6 Å². The summed E-state index contributed by atoms with van der Waals surface area (Å²) >= 11 is 0. The van der Waals surface area contributed by atoms with Crippen molar-refractivity contribution in [1.82, 2.24) is 19.9 Å². The summed E-state index contributed by atoms with van der Waals surface area (Å²) in [6.45, 7) is 5.08. The molecular formula is C14H19N5O2. The predicted molar refractivity (Wildman–Crippen MR) is 79.6 cm³/mol. The van der Waals surface area contributed by atoms with E-state index in [0.717, 1.165) is 12.0 Å². The molecule has 2 aromatic heterocycles. The van der Waals surface area contributed by atoms with Crippen LogP contribution in [-0.2, 0) is 0 Å². The van der Waals surface area contributed by atoms with Gasteiger partial charge in [-0.05, 0) is 19.4 Å². The minimum absolute atomic E-state index is 0.299. The van der Waals surface area contributed by atoms with E-state index in [1.54, 1.807) is 19.4 Å². The molecule has 7 heteroatoms. The van der Waals surface area contributed by atoms with Gasteiger partial charge in [0, 0.05) is 18.8 Å². The fraction of sp³-hybridized carbons (Fsp3) is 0.429. The van der Waals surface area contributed by atoms with Crippen LogP contribution in [0, 0.1) is 0 Å². The first-order valence-electron chi connectivity index (χ1n) is 6.91. The molecular weight excluding hydrogens is 270 g/mol. The van der Waals surface area contributed by atoms with Gasteiger partial charge in [0.2, 0.25) is 5.95 Å². The summed E-state index contributed by atoms with van der Waals surface area (Å²) in [7, 11) is 1.75. The van der Waals surface area contributed by atoms with E-state index in [1.165, 1.54) is 0 Å². The van der Waals surface area contributed by atoms with Gasteiger partial charge in [-0.1, -0.05) is 6.92 Å². The number of nitrogens with one attached hydrogen (secondary N) is 1. The summed E-state index contributed by atoms with van der Waals surface area (Å²) in [4.78, 5) is 16.9. The fourth-order valence-corrected chi connectivity index (χ4v) is 1.64. The number of hydrogen-bond donors (Lipinski definition) is 1. The SMILES string of the molecule is CCCOc1nc(NC)nc(-c2cncc(OCC)c2)n1. The molecule has 0 atom stereocenters. The maximum atomic E-state index is 5.48. The van der Waals surface area contributed by atoms with Gasteiger partial charge in [-0.3, -0.25) is 4.98 Å². The maximum Gasteiger partial charge on any atom is 0.321 e. The highest BCUT2D eigenvalue weighted by atomic mass is 16.5. The molecule has 7 nitrogen and oxygen atoms in total. The third-order valence-corrected chi connectivity index (χ3v) is 2.56. The molecule has 2 rings (SSSR count). The molecule has 0 aromatic carbocycles. The van der Waals surface area contributed by atoms with E-state index in [9.17, 15) is 0 Å². The molecule has 0 bridgehead atoms. The molecule has 0 amide bonds. The Balaban J connectivity index is 2.35. The highest BCUT2D eigenvalue weighted by molar-refractivity contribution is 5.57. The topological polar surface area (TPSA) is 82.0 Å². The lowest BCUT2D eigenvalue weighted by Gasteiger charge is -2.08. The summed E-state index contributed by atoms with van der Waals surface area (Å²) in [5.41, 5.74) is 0.751. The number of anilines is 1. The molecule has 0 aliphatic rings. The van der Waals surface area contributed by atoms with Gasteiger partial charge in [0.05, 0.1) is 19.4 Å².